The molecule has 3 aromatic rings. The molecule has 5 nitrogen and oxygen atoms in total. The van der Waals surface area contributed by atoms with Crippen LogP contribution in [0.4, 0.5) is 5.13 Å². The van der Waals surface area contributed by atoms with Crippen LogP contribution in [0.1, 0.15) is 11.1 Å². The Kier molecular flexibility index (Phi) is 5.66. The number of hydrogen-bond donors (Lipinski definition) is 0. The maximum absolute atomic E-state index is 12.9. The number of benzene rings is 2. The van der Waals surface area contributed by atoms with Crippen molar-refractivity contribution >= 4 is 38.1 Å². The standard InChI is InChI=1S/C21H22ClN3O2S2/c1-15-6-7-17(12-16(15)2)20-14-28-21(23-20)24-8-10-25(11-9-24)29(26,27)19-5-3-4-18(22)13-19/h3-7,12-14H,8-11H2,1-2H3. The summed E-state index contributed by atoms with van der Waals surface area (Å²) < 4.78 is 27.3. The second kappa shape index (κ2) is 8.07. The molecule has 29 heavy (non-hydrogen) atoms. The van der Waals surface area contributed by atoms with Crippen molar-refractivity contribution in [1.82, 2.24) is 9.29 Å². The van der Waals surface area contributed by atoms with Gasteiger partial charge < -0.3 is 4.90 Å². The van der Waals surface area contributed by atoms with Crippen LogP contribution in [0.25, 0.3) is 11.3 Å². The van der Waals surface area contributed by atoms with Crippen LogP contribution in [0.15, 0.2) is 52.7 Å². The summed E-state index contributed by atoms with van der Waals surface area (Å²) in [4.78, 5) is 7.18. The summed E-state index contributed by atoms with van der Waals surface area (Å²) >= 11 is 7.56. The van der Waals surface area contributed by atoms with Crippen LogP contribution in [0.2, 0.25) is 5.02 Å². The number of anilines is 1. The molecule has 0 unspecified atom stereocenters. The summed E-state index contributed by atoms with van der Waals surface area (Å²) in [5.74, 6) is 0. The fourth-order valence-electron chi connectivity index (χ4n) is 3.34. The zero-order valence-electron chi connectivity index (χ0n) is 16.3. The van der Waals surface area contributed by atoms with Gasteiger partial charge in [0.2, 0.25) is 10.0 Å². The Labute approximate surface area is 180 Å². The van der Waals surface area contributed by atoms with E-state index in [-0.39, 0.29) is 4.90 Å². The Morgan fingerprint density at radius 1 is 1.00 bits per heavy atom. The lowest BCUT2D eigenvalue weighted by atomic mass is 10.1. The van der Waals surface area contributed by atoms with Crippen LogP contribution < -0.4 is 4.90 Å². The average molecular weight is 448 g/mol. The molecule has 0 saturated carbocycles. The SMILES string of the molecule is Cc1ccc(-c2csc(N3CCN(S(=O)(=O)c4cccc(Cl)c4)CC3)n2)cc1C. The van der Waals surface area contributed by atoms with E-state index in [0.29, 0.717) is 31.2 Å². The number of aromatic nitrogens is 1. The van der Waals surface area contributed by atoms with Crippen LogP contribution >= 0.6 is 22.9 Å². The molecule has 0 amide bonds. The van der Waals surface area contributed by atoms with Crippen molar-refractivity contribution in [2.45, 2.75) is 18.7 Å². The molecule has 0 aliphatic carbocycles. The first-order valence-electron chi connectivity index (χ1n) is 9.38. The highest BCUT2D eigenvalue weighted by molar-refractivity contribution is 7.89. The normalized spacial score (nSPS) is 15.6. The Morgan fingerprint density at radius 3 is 2.45 bits per heavy atom. The van der Waals surface area contributed by atoms with Crippen molar-refractivity contribution in [2.24, 2.45) is 0 Å². The Balaban J connectivity index is 1.46. The lowest BCUT2D eigenvalue weighted by molar-refractivity contribution is 0.385. The van der Waals surface area contributed by atoms with Gasteiger partial charge in [0.25, 0.3) is 0 Å². The summed E-state index contributed by atoms with van der Waals surface area (Å²) in [6.45, 7) is 6.27. The zero-order valence-corrected chi connectivity index (χ0v) is 18.7. The highest BCUT2D eigenvalue weighted by Crippen LogP contribution is 2.30. The number of rotatable bonds is 4. The number of aryl methyl sites for hydroxylation is 2. The molecule has 0 N–H and O–H groups in total. The minimum atomic E-state index is -3.53. The number of nitrogens with zero attached hydrogens (tertiary/aromatic N) is 3. The number of piperazine rings is 1. The van der Waals surface area contributed by atoms with Crippen molar-refractivity contribution in [1.29, 1.82) is 0 Å². The van der Waals surface area contributed by atoms with Gasteiger partial charge in [-0.15, -0.1) is 11.3 Å². The first-order valence-corrected chi connectivity index (χ1v) is 12.1. The van der Waals surface area contributed by atoms with Gasteiger partial charge >= 0.3 is 0 Å². The third-order valence-electron chi connectivity index (χ3n) is 5.24. The molecule has 1 aromatic heterocycles. The minimum absolute atomic E-state index is 0.240. The van der Waals surface area contributed by atoms with Gasteiger partial charge in [-0.05, 0) is 49.2 Å². The van der Waals surface area contributed by atoms with Gasteiger partial charge in [0.1, 0.15) is 0 Å². The largest absolute Gasteiger partial charge is 0.345 e. The van der Waals surface area contributed by atoms with Crippen molar-refractivity contribution in [3.8, 4) is 11.3 Å². The van der Waals surface area contributed by atoms with Gasteiger partial charge in [-0.25, -0.2) is 13.4 Å². The number of thiazole rings is 1. The lowest BCUT2D eigenvalue weighted by Gasteiger charge is -2.33. The van der Waals surface area contributed by atoms with Crippen molar-refractivity contribution in [2.75, 3.05) is 31.1 Å². The van der Waals surface area contributed by atoms with Gasteiger partial charge in [-0.2, -0.15) is 4.31 Å². The number of halogens is 1. The van der Waals surface area contributed by atoms with Crippen molar-refractivity contribution < 1.29 is 8.42 Å². The van der Waals surface area contributed by atoms with E-state index in [0.717, 1.165) is 16.4 Å². The summed E-state index contributed by atoms with van der Waals surface area (Å²) in [5, 5.41) is 3.42. The molecule has 2 heterocycles. The van der Waals surface area contributed by atoms with Gasteiger partial charge in [0.15, 0.2) is 5.13 Å². The van der Waals surface area contributed by atoms with E-state index in [1.54, 1.807) is 29.5 Å². The van der Waals surface area contributed by atoms with Crippen LogP contribution in [-0.4, -0.2) is 43.9 Å². The van der Waals surface area contributed by atoms with E-state index < -0.39 is 10.0 Å². The van der Waals surface area contributed by atoms with E-state index in [4.69, 9.17) is 16.6 Å². The first-order chi connectivity index (χ1) is 13.8. The van der Waals surface area contributed by atoms with Crippen LogP contribution in [0, 0.1) is 13.8 Å². The number of sulfonamides is 1. The topological polar surface area (TPSA) is 53.5 Å². The molecule has 0 atom stereocenters. The molecule has 0 spiro atoms. The second-order valence-electron chi connectivity index (χ2n) is 7.16. The highest BCUT2D eigenvalue weighted by atomic mass is 35.5. The van der Waals surface area contributed by atoms with E-state index in [2.05, 4.69) is 42.3 Å². The molecule has 8 heteroatoms. The maximum atomic E-state index is 12.9. The molecule has 1 saturated heterocycles. The lowest BCUT2D eigenvalue weighted by Crippen LogP contribution is -2.48. The predicted molar refractivity (Wildman–Crippen MR) is 119 cm³/mol. The van der Waals surface area contributed by atoms with Gasteiger partial charge in [-0.1, -0.05) is 29.8 Å². The quantitative estimate of drug-likeness (QED) is 0.586. The Hall–Kier alpha value is -1.93. The van der Waals surface area contributed by atoms with E-state index in [9.17, 15) is 8.42 Å². The molecular weight excluding hydrogens is 426 g/mol. The van der Waals surface area contributed by atoms with Gasteiger partial charge in [0.05, 0.1) is 10.6 Å². The van der Waals surface area contributed by atoms with Crippen LogP contribution in [0.3, 0.4) is 0 Å². The molecule has 152 valence electrons. The fraction of sp³-hybridized carbons (Fsp3) is 0.286. The molecule has 2 aromatic carbocycles. The van der Waals surface area contributed by atoms with Gasteiger partial charge in [-0.3, -0.25) is 0 Å². The molecule has 1 fully saturated rings. The van der Waals surface area contributed by atoms with Crippen molar-refractivity contribution in [3.63, 3.8) is 0 Å². The van der Waals surface area contributed by atoms with E-state index in [1.807, 2.05) is 0 Å². The smallest absolute Gasteiger partial charge is 0.243 e. The first kappa shape index (κ1) is 20.3. The molecule has 4 rings (SSSR count). The van der Waals surface area contributed by atoms with Crippen molar-refractivity contribution in [3.05, 3.63) is 64.0 Å². The highest BCUT2D eigenvalue weighted by Gasteiger charge is 2.29. The Bertz CT molecular complexity index is 1140. The summed E-state index contributed by atoms with van der Waals surface area (Å²) in [6.07, 6.45) is 0. The minimum Gasteiger partial charge on any atom is -0.345 e. The predicted octanol–water partition coefficient (Wildman–Crippen LogP) is 4.59. The third-order valence-corrected chi connectivity index (χ3v) is 8.27. The van der Waals surface area contributed by atoms with Crippen LogP contribution in [-0.2, 0) is 10.0 Å². The summed E-state index contributed by atoms with van der Waals surface area (Å²) in [5.41, 5.74) is 4.58. The molecule has 1 aliphatic rings. The van der Waals surface area contributed by atoms with Crippen LogP contribution in [0.5, 0.6) is 0 Å². The third kappa shape index (κ3) is 4.19. The van der Waals surface area contributed by atoms with E-state index in [1.165, 1.54) is 21.5 Å². The molecule has 0 radical (unpaired) electrons. The van der Waals surface area contributed by atoms with Gasteiger partial charge in [0, 0.05) is 42.1 Å². The monoisotopic (exact) mass is 447 g/mol. The average Bonchev–Trinajstić information content (AvgIpc) is 3.20. The zero-order chi connectivity index (χ0) is 20.6. The van der Waals surface area contributed by atoms with E-state index >= 15 is 0 Å². The fourth-order valence-corrected chi connectivity index (χ4v) is 5.95. The molecule has 1 aliphatic heterocycles. The number of hydrogen-bond acceptors (Lipinski definition) is 5. The molecule has 0 bridgehead atoms. The summed E-state index contributed by atoms with van der Waals surface area (Å²) in [6, 6.07) is 12.8. The Morgan fingerprint density at radius 2 is 1.76 bits per heavy atom. The summed E-state index contributed by atoms with van der Waals surface area (Å²) in [7, 11) is -3.53. The second-order valence-corrected chi connectivity index (χ2v) is 10.4. The maximum Gasteiger partial charge on any atom is 0.243 e. The molecular formula is C21H22ClN3O2S2.